The van der Waals surface area contributed by atoms with Crippen LogP contribution in [0.4, 0.5) is 8.78 Å². The molecule has 0 spiro atoms. The lowest BCUT2D eigenvalue weighted by Gasteiger charge is -2.37. The average molecular weight is 504 g/mol. The summed E-state index contributed by atoms with van der Waals surface area (Å²) in [7, 11) is 0. The second-order valence-corrected chi connectivity index (χ2v) is 11.4. The summed E-state index contributed by atoms with van der Waals surface area (Å²) in [6, 6.07) is 7.60. The summed E-state index contributed by atoms with van der Waals surface area (Å²) in [4.78, 5) is 13.9. The zero-order valence-electron chi connectivity index (χ0n) is 19.8. The number of hydrogen-bond donors (Lipinski definition) is 0. The fourth-order valence-corrected chi connectivity index (χ4v) is 7.17. The van der Waals surface area contributed by atoms with Crippen LogP contribution in [0, 0.1) is 17.0 Å². The minimum atomic E-state index is -0.644. The predicted molar refractivity (Wildman–Crippen MR) is 131 cm³/mol. The molecule has 0 amide bonds. The van der Waals surface area contributed by atoms with Gasteiger partial charge in [-0.3, -0.25) is 0 Å². The SMILES string of the molecule is CC1(C)[C@H]2CC[C@@]1(c1ccnc(-n3cnc(C4CSC4)n3)n1)c1nnc(-c3c(F)cccc3F)cc12. The first-order chi connectivity index (χ1) is 17.4. The van der Waals surface area contributed by atoms with Crippen molar-refractivity contribution in [3.05, 3.63) is 77.3 Å². The number of benzene rings is 1. The van der Waals surface area contributed by atoms with Gasteiger partial charge in [0.25, 0.3) is 5.95 Å². The van der Waals surface area contributed by atoms with E-state index >= 15 is 0 Å². The van der Waals surface area contributed by atoms with E-state index in [4.69, 9.17) is 4.98 Å². The molecule has 0 N–H and O–H groups in total. The Morgan fingerprint density at radius 2 is 1.86 bits per heavy atom. The Hall–Kier alpha value is -3.27. The predicted octanol–water partition coefficient (Wildman–Crippen LogP) is 4.83. The van der Waals surface area contributed by atoms with Crippen molar-refractivity contribution in [3.63, 3.8) is 0 Å². The molecule has 0 radical (unpaired) electrons. The van der Waals surface area contributed by atoms with E-state index in [-0.39, 0.29) is 22.6 Å². The monoisotopic (exact) mass is 503 g/mol. The maximum atomic E-state index is 14.5. The topological polar surface area (TPSA) is 82.3 Å². The Balaban J connectivity index is 1.34. The molecule has 1 saturated carbocycles. The highest BCUT2D eigenvalue weighted by Gasteiger charge is 2.65. The standard InChI is InChI=1S/C26H23F2N7S/c1-25(2)16-6-8-26(25,22-15(16)10-19(32-33-22)21-17(27)4-3-5-18(21)28)20-7-9-29-24(31-20)35-13-30-23(34-35)14-11-36-12-14/h3-5,7,9-10,13-14,16H,6,8,11-12H2,1-2H3/t16-,26+/m0/s1. The number of rotatable bonds is 4. The number of thioether (sulfide) groups is 1. The van der Waals surface area contributed by atoms with Gasteiger partial charge in [0.2, 0.25) is 0 Å². The van der Waals surface area contributed by atoms with Gasteiger partial charge in [-0.15, -0.1) is 10.2 Å². The smallest absolute Gasteiger partial charge is 0.220 e. The van der Waals surface area contributed by atoms with Crippen molar-refractivity contribution in [1.82, 2.24) is 34.9 Å². The van der Waals surface area contributed by atoms with Crippen LogP contribution in [-0.4, -0.2) is 46.4 Å². The second-order valence-electron chi connectivity index (χ2n) is 10.4. The molecular formula is C26H23F2N7S. The summed E-state index contributed by atoms with van der Waals surface area (Å²) in [5, 5.41) is 13.6. The molecule has 2 atom stereocenters. The molecule has 10 heteroatoms. The molecule has 3 aromatic heterocycles. The van der Waals surface area contributed by atoms with Crippen LogP contribution in [0.5, 0.6) is 0 Å². The summed E-state index contributed by atoms with van der Waals surface area (Å²) < 4.78 is 30.7. The zero-order valence-corrected chi connectivity index (χ0v) is 20.6. The lowest BCUT2D eigenvalue weighted by atomic mass is 9.66. The molecule has 4 aromatic rings. The Labute approximate surface area is 210 Å². The first-order valence-electron chi connectivity index (χ1n) is 12.1. The van der Waals surface area contributed by atoms with Crippen LogP contribution in [0.3, 0.4) is 0 Å². The first kappa shape index (κ1) is 22.0. The van der Waals surface area contributed by atoms with Crippen molar-refractivity contribution in [2.45, 2.75) is 43.9 Å². The molecule has 36 heavy (non-hydrogen) atoms. The summed E-state index contributed by atoms with van der Waals surface area (Å²) in [5.41, 5.74) is 2.05. The van der Waals surface area contributed by atoms with Gasteiger partial charge in [-0.1, -0.05) is 19.9 Å². The highest BCUT2D eigenvalue weighted by molar-refractivity contribution is 8.00. The highest BCUT2D eigenvalue weighted by atomic mass is 32.2. The molecule has 1 aliphatic heterocycles. The van der Waals surface area contributed by atoms with Gasteiger partial charge in [-0.25, -0.2) is 23.7 Å². The molecule has 1 aromatic carbocycles. The van der Waals surface area contributed by atoms with Gasteiger partial charge >= 0.3 is 0 Å². The van der Waals surface area contributed by atoms with Gasteiger partial charge in [0.05, 0.1) is 28.1 Å². The lowest BCUT2D eigenvalue weighted by Crippen LogP contribution is -2.38. The van der Waals surface area contributed by atoms with Crippen molar-refractivity contribution < 1.29 is 8.78 Å². The zero-order chi connectivity index (χ0) is 24.7. The van der Waals surface area contributed by atoms with Crippen LogP contribution >= 0.6 is 11.8 Å². The molecular weight excluding hydrogens is 480 g/mol. The summed E-state index contributed by atoms with van der Waals surface area (Å²) in [6.45, 7) is 4.44. The molecule has 7 nitrogen and oxygen atoms in total. The van der Waals surface area contributed by atoms with E-state index < -0.39 is 17.0 Å². The molecule has 2 fully saturated rings. The number of nitrogens with zero attached hydrogens (tertiary/aromatic N) is 7. The molecule has 3 aliphatic rings. The highest BCUT2D eigenvalue weighted by Crippen LogP contribution is 2.69. The van der Waals surface area contributed by atoms with Gasteiger partial charge < -0.3 is 0 Å². The van der Waals surface area contributed by atoms with Crippen molar-refractivity contribution in [2.75, 3.05) is 11.5 Å². The molecule has 0 unspecified atom stereocenters. The van der Waals surface area contributed by atoms with E-state index in [1.807, 2.05) is 23.9 Å². The third kappa shape index (κ3) is 2.84. The Morgan fingerprint density at radius 1 is 1.06 bits per heavy atom. The van der Waals surface area contributed by atoms with Crippen LogP contribution in [0.15, 0.2) is 42.9 Å². The van der Waals surface area contributed by atoms with Gasteiger partial charge in [0.15, 0.2) is 5.82 Å². The fourth-order valence-electron chi connectivity index (χ4n) is 6.40. The van der Waals surface area contributed by atoms with Crippen LogP contribution in [0.2, 0.25) is 0 Å². The third-order valence-electron chi connectivity index (χ3n) is 8.40. The maximum Gasteiger partial charge on any atom is 0.252 e. The van der Waals surface area contributed by atoms with Gasteiger partial charge in [-0.2, -0.15) is 21.5 Å². The number of fused-ring (bicyclic) bond motifs is 5. The quantitative estimate of drug-likeness (QED) is 0.395. The number of hydrogen-bond acceptors (Lipinski definition) is 7. The fraction of sp³-hybridized carbons (Fsp3) is 0.385. The van der Waals surface area contributed by atoms with E-state index in [0.717, 1.165) is 47.1 Å². The van der Waals surface area contributed by atoms with Crippen LogP contribution in [0.1, 0.15) is 61.3 Å². The minimum Gasteiger partial charge on any atom is -0.220 e. The number of aromatic nitrogens is 7. The van der Waals surface area contributed by atoms with Gasteiger partial charge in [0.1, 0.15) is 18.0 Å². The average Bonchev–Trinajstić information content (AvgIpc) is 3.46. The van der Waals surface area contributed by atoms with Gasteiger partial charge in [0, 0.05) is 23.6 Å². The Morgan fingerprint density at radius 3 is 2.61 bits per heavy atom. The lowest BCUT2D eigenvalue weighted by molar-refractivity contribution is 0.242. The number of halogens is 2. The summed E-state index contributed by atoms with van der Waals surface area (Å²) in [6.07, 6.45) is 5.22. The van der Waals surface area contributed by atoms with Crippen molar-refractivity contribution in [1.29, 1.82) is 0 Å². The Bertz CT molecular complexity index is 1500. The largest absolute Gasteiger partial charge is 0.252 e. The normalized spacial score (nSPS) is 24.1. The summed E-state index contributed by atoms with van der Waals surface area (Å²) >= 11 is 1.89. The maximum absolute atomic E-state index is 14.5. The second kappa shape index (κ2) is 7.61. The van der Waals surface area contributed by atoms with Crippen molar-refractivity contribution >= 4 is 11.8 Å². The molecule has 2 aliphatic carbocycles. The third-order valence-corrected chi connectivity index (χ3v) is 9.68. The summed E-state index contributed by atoms with van der Waals surface area (Å²) in [5.74, 6) is 2.65. The molecule has 182 valence electrons. The van der Waals surface area contributed by atoms with E-state index in [1.165, 1.54) is 18.2 Å². The Kier molecular flexibility index (Phi) is 4.65. The van der Waals surface area contributed by atoms with E-state index in [1.54, 1.807) is 17.2 Å². The van der Waals surface area contributed by atoms with E-state index in [0.29, 0.717) is 11.9 Å². The molecule has 4 heterocycles. The van der Waals surface area contributed by atoms with Crippen LogP contribution in [0.25, 0.3) is 17.2 Å². The first-order valence-corrected chi connectivity index (χ1v) is 13.2. The van der Waals surface area contributed by atoms with Crippen molar-refractivity contribution in [2.24, 2.45) is 5.41 Å². The van der Waals surface area contributed by atoms with E-state index in [2.05, 4.69) is 39.1 Å². The van der Waals surface area contributed by atoms with Gasteiger partial charge in [-0.05, 0) is 54.0 Å². The van der Waals surface area contributed by atoms with E-state index in [9.17, 15) is 8.78 Å². The van der Waals surface area contributed by atoms with Crippen LogP contribution < -0.4 is 0 Å². The molecule has 2 bridgehead atoms. The molecule has 1 saturated heterocycles. The van der Waals surface area contributed by atoms with Crippen molar-refractivity contribution in [3.8, 4) is 17.2 Å². The molecule has 7 rings (SSSR count). The minimum absolute atomic E-state index is 0.140. The van der Waals surface area contributed by atoms with Crippen LogP contribution in [-0.2, 0) is 5.41 Å².